The average molecular weight is 329 g/mol. The second kappa shape index (κ2) is 8.52. The van der Waals surface area contributed by atoms with Gasteiger partial charge in [-0.15, -0.1) is 0 Å². The van der Waals surface area contributed by atoms with Gasteiger partial charge >= 0.3 is 0 Å². The highest BCUT2D eigenvalue weighted by molar-refractivity contribution is 5.93. The molecule has 4 heteroatoms. The van der Waals surface area contributed by atoms with Crippen LogP contribution in [-0.4, -0.2) is 18.5 Å². The van der Waals surface area contributed by atoms with Crippen LogP contribution in [0.3, 0.4) is 0 Å². The molecule has 2 saturated carbocycles. The van der Waals surface area contributed by atoms with Crippen LogP contribution in [0.25, 0.3) is 0 Å². The molecule has 4 nitrogen and oxygen atoms in total. The van der Waals surface area contributed by atoms with E-state index >= 15 is 0 Å². The highest BCUT2D eigenvalue weighted by Gasteiger charge is 2.21. The molecule has 1 aromatic rings. The van der Waals surface area contributed by atoms with E-state index in [1.165, 1.54) is 32.1 Å². The molecule has 4 N–H and O–H groups in total. The standard InChI is InChI=1S/C20H31N3O/c21-17-11-9-15(10-12-17)14-22-18-7-4-8-19(13-18)23-20(24)16-5-2-1-3-6-16/h4,7-8,13,15-17,22H,1-3,5-6,9-12,14,21H2,(H,23,24)/t15-,17-. The second-order valence-electron chi connectivity index (χ2n) is 7.57. The number of nitrogens with one attached hydrogen (secondary N) is 2. The van der Waals surface area contributed by atoms with Crippen molar-refractivity contribution in [2.75, 3.05) is 17.2 Å². The molecule has 24 heavy (non-hydrogen) atoms. The minimum Gasteiger partial charge on any atom is -0.385 e. The second-order valence-corrected chi connectivity index (χ2v) is 7.57. The molecule has 2 aliphatic rings. The Balaban J connectivity index is 1.49. The Kier molecular flexibility index (Phi) is 6.13. The minimum absolute atomic E-state index is 0.188. The third-order valence-corrected chi connectivity index (χ3v) is 5.59. The van der Waals surface area contributed by atoms with Gasteiger partial charge in [-0.3, -0.25) is 4.79 Å². The monoisotopic (exact) mass is 329 g/mol. The summed E-state index contributed by atoms with van der Waals surface area (Å²) >= 11 is 0. The van der Waals surface area contributed by atoms with Gasteiger partial charge in [0.15, 0.2) is 0 Å². The molecule has 0 aliphatic heterocycles. The number of hydrogen-bond donors (Lipinski definition) is 3. The molecule has 1 amide bonds. The number of carbonyl (C=O) groups excluding carboxylic acids is 1. The quantitative estimate of drug-likeness (QED) is 0.760. The van der Waals surface area contributed by atoms with Crippen LogP contribution in [-0.2, 0) is 4.79 Å². The lowest BCUT2D eigenvalue weighted by molar-refractivity contribution is -0.120. The number of amides is 1. The lowest BCUT2D eigenvalue weighted by atomic mass is 9.86. The summed E-state index contributed by atoms with van der Waals surface area (Å²) in [5, 5.41) is 6.63. The SMILES string of the molecule is N[C@H]1CC[C@H](CNc2cccc(NC(=O)C3CCCCC3)c2)CC1. The first-order valence-corrected chi connectivity index (χ1v) is 9.61. The molecule has 0 atom stereocenters. The zero-order valence-corrected chi connectivity index (χ0v) is 14.6. The summed E-state index contributed by atoms with van der Waals surface area (Å²) in [5.74, 6) is 1.10. The van der Waals surface area contributed by atoms with Gasteiger partial charge in [0.1, 0.15) is 0 Å². The van der Waals surface area contributed by atoms with E-state index in [1.54, 1.807) is 0 Å². The summed E-state index contributed by atoms with van der Waals surface area (Å²) in [6, 6.07) is 8.51. The van der Waals surface area contributed by atoms with E-state index in [4.69, 9.17) is 5.73 Å². The van der Waals surface area contributed by atoms with Gasteiger partial charge in [-0.25, -0.2) is 0 Å². The number of benzene rings is 1. The fourth-order valence-corrected chi connectivity index (χ4v) is 3.97. The summed E-state index contributed by atoms with van der Waals surface area (Å²) in [6.45, 7) is 0.993. The number of hydrogen-bond acceptors (Lipinski definition) is 3. The molecule has 2 fully saturated rings. The molecule has 0 unspecified atom stereocenters. The molecule has 0 heterocycles. The maximum absolute atomic E-state index is 12.4. The van der Waals surface area contributed by atoms with Gasteiger partial charge in [0.05, 0.1) is 0 Å². The first-order valence-electron chi connectivity index (χ1n) is 9.61. The van der Waals surface area contributed by atoms with Gasteiger partial charge in [0, 0.05) is 29.9 Å². The van der Waals surface area contributed by atoms with Crippen molar-refractivity contribution in [3.05, 3.63) is 24.3 Å². The van der Waals surface area contributed by atoms with Crippen molar-refractivity contribution in [2.24, 2.45) is 17.6 Å². The number of anilines is 2. The summed E-state index contributed by atoms with van der Waals surface area (Å²) < 4.78 is 0. The molecule has 3 rings (SSSR count). The summed E-state index contributed by atoms with van der Waals surface area (Å²) in [6.07, 6.45) is 10.4. The van der Waals surface area contributed by atoms with Crippen LogP contribution in [0.15, 0.2) is 24.3 Å². The van der Waals surface area contributed by atoms with Crippen LogP contribution >= 0.6 is 0 Å². The maximum Gasteiger partial charge on any atom is 0.227 e. The van der Waals surface area contributed by atoms with Gasteiger partial charge in [-0.05, 0) is 62.6 Å². The highest BCUT2D eigenvalue weighted by atomic mass is 16.1. The van der Waals surface area contributed by atoms with Crippen LogP contribution in [0.2, 0.25) is 0 Å². The fraction of sp³-hybridized carbons (Fsp3) is 0.650. The number of rotatable bonds is 5. The minimum atomic E-state index is 0.188. The highest BCUT2D eigenvalue weighted by Crippen LogP contribution is 2.26. The lowest BCUT2D eigenvalue weighted by Crippen LogP contribution is -2.29. The molecule has 0 radical (unpaired) electrons. The molecular weight excluding hydrogens is 298 g/mol. The van der Waals surface area contributed by atoms with Gasteiger partial charge in [0.25, 0.3) is 0 Å². The van der Waals surface area contributed by atoms with Crippen molar-refractivity contribution in [1.82, 2.24) is 0 Å². The van der Waals surface area contributed by atoms with E-state index in [2.05, 4.69) is 22.8 Å². The summed E-state index contributed by atoms with van der Waals surface area (Å²) in [7, 11) is 0. The predicted octanol–water partition coefficient (Wildman–Crippen LogP) is 4.13. The largest absolute Gasteiger partial charge is 0.385 e. The smallest absolute Gasteiger partial charge is 0.227 e. The first kappa shape index (κ1) is 17.3. The van der Waals surface area contributed by atoms with Crippen LogP contribution in [0.4, 0.5) is 11.4 Å². The van der Waals surface area contributed by atoms with Crippen molar-refractivity contribution in [1.29, 1.82) is 0 Å². The van der Waals surface area contributed by atoms with E-state index in [9.17, 15) is 4.79 Å². The van der Waals surface area contributed by atoms with Crippen molar-refractivity contribution in [2.45, 2.75) is 63.8 Å². The normalized spacial score (nSPS) is 25.2. The van der Waals surface area contributed by atoms with Crippen LogP contribution in [0.5, 0.6) is 0 Å². The number of carbonyl (C=O) groups is 1. The molecule has 0 saturated heterocycles. The Bertz CT molecular complexity index is 531. The Hall–Kier alpha value is -1.55. The van der Waals surface area contributed by atoms with E-state index in [-0.39, 0.29) is 11.8 Å². The summed E-state index contributed by atoms with van der Waals surface area (Å²) in [5.41, 5.74) is 7.96. The first-order chi connectivity index (χ1) is 11.7. The van der Waals surface area contributed by atoms with Crippen molar-refractivity contribution in [3.8, 4) is 0 Å². The van der Waals surface area contributed by atoms with E-state index in [0.717, 1.165) is 43.6 Å². The van der Waals surface area contributed by atoms with Crippen LogP contribution in [0, 0.1) is 11.8 Å². The Labute approximate surface area is 145 Å². The third kappa shape index (κ3) is 4.97. The molecule has 0 aromatic heterocycles. The Morgan fingerprint density at radius 1 is 1.00 bits per heavy atom. The molecule has 0 spiro atoms. The fourth-order valence-electron chi connectivity index (χ4n) is 3.97. The Morgan fingerprint density at radius 3 is 2.46 bits per heavy atom. The zero-order chi connectivity index (χ0) is 16.8. The molecule has 132 valence electrons. The van der Waals surface area contributed by atoms with Gasteiger partial charge in [-0.1, -0.05) is 25.3 Å². The lowest BCUT2D eigenvalue weighted by Gasteiger charge is -2.26. The van der Waals surface area contributed by atoms with Crippen molar-refractivity contribution in [3.63, 3.8) is 0 Å². The molecule has 2 aliphatic carbocycles. The summed E-state index contributed by atoms with van der Waals surface area (Å²) in [4.78, 5) is 12.4. The number of nitrogens with two attached hydrogens (primary N) is 1. The average Bonchev–Trinajstić information content (AvgIpc) is 2.62. The Morgan fingerprint density at radius 2 is 1.71 bits per heavy atom. The molecular formula is C20H31N3O. The topological polar surface area (TPSA) is 67.2 Å². The third-order valence-electron chi connectivity index (χ3n) is 5.59. The van der Waals surface area contributed by atoms with E-state index < -0.39 is 0 Å². The van der Waals surface area contributed by atoms with Gasteiger partial charge in [-0.2, -0.15) is 0 Å². The van der Waals surface area contributed by atoms with E-state index in [0.29, 0.717) is 12.0 Å². The van der Waals surface area contributed by atoms with E-state index in [1.807, 2.05) is 12.1 Å². The van der Waals surface area contributed by atoms with Crippen molar-refractivity contribution < 1.29 is 4.79 Å². The van der Waals surface area contributed by atoms with Gasteiger partial charge < -0.3 is 16.4 Å². The van der Waals surface area contributed by atoms with Crippen molar-refractivity contribution >= 4 is 17.3 Å². The van der Waals surface area contributed by atoms with Crippen LogP contribution < -0.4 is 16.4 Å². The van der Waals surface area contributed by atoms with Gasteiger partial charge in [0.2, 0.25) is 5.91 Å². The predicted molar refractivity (Wildman–Crippen MR) is 100 cm³/mol. The molecule has 0 bridgehead atoms. The van der Waals surface area contributed by atoms with Crippen LogP contribution in [0.1, 0.15) is 57.8 Å². The zero-order valence-electron chi connectivity index (χ0n) is 14.6. The molecule has 1 aromatic carbocycles. The maximum atomic E-state index is 12.4.